The zero-order valence-electron chi connectivity index (χ0n) is 19.2. The van der Waals surface area contributed by atoms with Gasteiger partial charge in [0.15, 0.2) is 0 Å². The van der Waals surface area contributed by atoms with Gasteiger partial charge in [-0.3, -0.25) is 9.59 Å². The number of benzene rings is 2. The zero-order valence-corrected chi connectivity index (χ0v) is 19.2. The fourth-order valence-corrected chi connectivity index (χ4v) is 3.65. The molecule has 2 heterocycles. The quantitative estimate of drug-likeness (QED) is 0.367. The summed E-state index contributed by atoms with van der Waals surface area (Å²) < 4.78 is 58.5. The number of hydrogen-bond acceptors (Lipinski definition) is 6. The van der Waals surface area contributed by atoms with Crippen LogP contribution in [0.15, 0.2) is 72.0 Å². The van der Waals surface area contributed by atoms with E-state index in [0.717, 1.165) is 24.5 Å². The second-order valence-corrected chi connectivity index (χ2v) is 7.88. The molecule has 0 aliphatic carbocycles. The van der Waals surface area contributed by atoms with E-state index in [2.05, 4.69) is 15.3 Å². The molecule has 37 heavy (non-hydrogen) atoms. The van der Waals surface area contributed by atoms with E-state index in [-0.39, 0.29) is 28.5 Å². The molecule has 1 amide bonds. The van der Waals surface area contributed by atoms with Gasteiger partial charge >= 0.3 is 6.18 Å². The SMILES string of the molecule is COc1ncnc(N)c1-c1ccc(NC(=O)c2cn(CC(F)(F)F)cc(-c3ccc(F)cc3)c2=O)cc1. The predicted octanol–water partition coefficient (Wildman–Crippen LogP) is 4.52. The molecule has 0 fully saturated rings. The average Bonchev–Trinajstić information content (AvgIpc) is 2.85. The number of ether oxygens (including phenoxy) is 1. The summed E-state index contributed by atoms with van der Waals surface area (Å²) in [6, 6.07) is 10.9. The van der Waals surface area contributed by atoms with Gasteiger partial charge in [-0.25, -0.2) is 14.4 Å². The number of nitrogens with zero attached hydrogens (tertiary/aromatic N) is 3. The van der Waals surface area contributed by atoms with Gasteiger partial charge in [-0.15, -0.1) is 0 Å². The number of nitrogens with two attached hydrogens (primary N) is 1. The molecule has 190 valence electrons. The lowest BCUT2D eigenvalue weighted by Crippen LogP contribution is -2.27. The second kappa shape index (κ2) is 10.1. The maximum absolute atomic E-state index is 13.3. The summed E-state index contributed by atoms with van der Waals surface area (Å²) in [5, 5.41) is 2.51. The number of methoxy groups -OCH3 is 1. The smallest absolute Gasteiger partial charge is 0.406 e. The molecule has 0 unspecified atom stereocenters. The lowest BCUT2D eigenvalue weighted by Gasteiger charge is -2.14. The molecular formula is C25H19F4N5O3. The number of aromatic nitrogens is 3. The summed E-state index contributed by atoms with van der Waals surface area (Å²) in [7, 11) is 1.42. The Labute approximate surface area is 207 Å². The van der Waals surface area contributed by atoms with E-state index in [1.54, 1.807) is 12.1 Å². The first-order valence-corrected chi connectivity index (χ1v) is 10.7. The number of alkyl halides is 3. The van der Waals surface area contributed by atoms with Crippen LogP contribution in [0.2, 0.25) is 0 Å². The molecule has 4 aromatic rings. The van der Waals surface area contributed by atoms with Gasteiger partial charge in [0.05, 0.1) is 12.7 Å². The van der Waals surface area contributed by atoms with Gasteiger partial charge in [0.2, 0.25) is 11.3 Å². The minimum atomic E-state index is -4.61. The van der Waals surface area contributed by atoms with Crippen molar-refractivity contribution >= 4 is 17.4 Å². The number of halogens is 4. The van der Waals surface area contributed by atoms with Crippen molar-refractivity contribution in [3.63, 3.8) is 0 Å². The average molecular weight is 513 g/mol. The second-order valence-electron chi connectivity index (χ2n) is 7.88. The molecule has 0 bridgehead atoms. The minimum Gasteiger partial charge on any atom is -0.480 e. The summed E-state index contributed by atoms with van der Waals surface area (Å²) in [4.78, 5) is 34.0. The third-order valence-corrected chi connectivity index (χ3v) is 5.31. The van der Waals surface area contributed by atoms with E-state index in [1.807, 2.05) is 0 Å². The van der Waals surface area contributed by atoms with E-state index in [4.69, 9.17) is 10.5 Å². The number of anilines is 2. The Balaban J connectivity index is 1.68. The Hall–Kier alpha value is -4.74. The lowest BCUT2D eigenvalue weighted by atomic mass is 10.0. The third kappa shape index (κ3) is 5.74. The largest absolute Gasteiger partial charge is 0.480 e. The Kier molecular flexibility index (Phi) is 6.92. The van der Waals surface area contributed by atoms with E-state index >= 15 is 0 Å². The Morgan fingerprint density at radius 1 is 1.03 bits per heavy atom. The lowest BCUT2D eigenvalue weighted by molar-refractivity contribution is -0.140. The van der Waals surface area contributed by atoms with Gasteiger partial charge in [-0.2, -0.15) is 13.2 Å². The number of carbonyl (C=O) groups is 1. The Bertz CT molecular complexity index is 1500. The van der Waals surface area contributed by atoms with E-state index in [1.165, 1.54) is 37.7 Å². The highest BCUT2D eigenvalue weighted by atomic mass is 19.4. The minimum absolute atomic E-state index is 0.165. The molecule has 2 aromatic heterocycles. The highest BCUT2D eigenvalue weighted by Crippen LogP contribution is 2.32. The monoisotopic (exact) mass is 513 g/mol. The first-order chi connectivity index (χ1) is 17.6. The molecule has 0 saturated heterocycles. The van der Waals surface area contributed by atoms with Gasteiger partial charge in [-0.1, -0.05) is 24.3 Å². The molecule has 0 aliphatic rings. The Morgan fingerprint density at radius 2 is 1.68 bits per heavy atom. The van der Waals surface area contributed by atoms with Crippen LogP contribution in [-0.2, 0) is 6.54 Å². The van der Waals surface area contributed by atoms with Crippen molar-refractivity contribution in [2.75, 3.05) is 18.2 Å². The molecule has 4 rings (SSSR count). The van der Waals surface area contributed by atoms with Crippen LogP contribution in [0.3, 0.4) is 0 Å². The fourth-order valence-electron chi connectivity index (χ4n) is 3.65. The van der Waals surface area contributed by atoms with Crippen molar-refractivity contribution in [2.24, 2.45) is 0 Å². The number of pyridine rings is 1. The van der Waals surface area contributed by atoms with Crippen molar-refractivity contribution in [1.29, 1.82) is 0 Å². The summed E-state index contributed by atoms with van der Waals surface area (Å²) >= 11 is 0. The van der Waals surface area contributed by atoms with Crippen LogP contribution in [0.25, 0.3) is 22.3 Å². The first-order valence-electron chi connectivity index (χ1n) is 10.7. The van der Waals surface area contributed by atoms with Crippen molar-refractivity contribution in [1.82, 2.24) is 14.5 Å². The topological polar surface area (TPSA) is 112 Å². The summed E-state index contributed by atoms with van der Waals surface area (Å²) in [6.45, 7) is -1.43. The molecule has 0 radical (unpaired) electrons. The molecule has 0 atom stereocenters. The predicted molar refractivity (Wildman–Crippen MR) is 129 cm³/mol. The Morgan fingerprint density at radius 3 is 2.30 bits per heavy atom. The fraction of sp³-hybridized carbons (Fsp3) is 0.120. The standard InChI is InChI=1S/C25H19F4N5O3/c1-37-24-20(22(30)31-13-32-24)15-4-8-17(9-5-15)33-23(36)19-11-34(12-25(27,28)29)10-18(21(19)35)14-2-6-16(26)7-3-14/h2-11,13H,12H2,1H3,(H,33,36)(H2,30,31,32). The molecule has 0 aliphatic heterocycles. The van der Waals surface area contributed by atoms with Crippen LogP contribution >= 0.6 is 0 Å². The summed E-state index contributed by atoms with van der Waals surface area (Å²) in [5.74, 6) is -1.09. The zero-order chi connectivity index (χ0) is 26.7. The normalized spacial score (nSPS) is 11.3. The van der Waals surface area contributed by atoms with Gasteiger partial charge < -0.3 is 20.4 Å². The van der Waals surface area contributed by atoms with E-state index in [9.17, 15) is 27.2 Å². The van der Waals surface area contributed by atoms with Crippen molar-refractivity contribution in [2.45, 2.75) is 12.7 Å². The molecule has 0 spiro atoms. The number of hydrogen-bond donors (Lipinski definition) is 2. The number of nitrogen functional groups attached to an aromatic ring is 1. The van der Waals surface area contributed by atoms with E-state index in [0.29, 0.717) is 15.7 Å². The van der Waals surface area contributed by atoms with Crippen LogP contribution in [0.4, 0.5) is 29.1 Å². The molecule has 0 saturated carbocycles. The van der Waals surface area contributed by atoms with Crippen molar-refractivity contribution < 1.29 is 27.1 Å². The number of rotatable bonds is 6. The van der Waals surface area contributed by atoms with Crippen molar-refractivity contribution in [3.8, 4) is 28.1 Å². The van der Waals surface area contributed by atoms with Crippen LogP contribution in [0.5, 0.6) is 5.88 Å². The van der Waals surface area contributed by atoms with Gasteiger partial charge in [0.1, 0.15) is 30.1 Å². The summed E-state index contributed by atoms with van der Waals surface area (Å²) in [6.07, 6.45) is -1.55. The van der Waals surface area contributed by atoms with Crippen LogP contribution < -0.4 is 21.2 Å². The first kappa shape index (κ1) is 25.4. The van der Waals surface area contributed by atoms with Gasteiger partial charge in [0.25, 0.3) is 5.91 Å². The maximum Gasteiger partial charge on any atom is 0.406 e. The number of carbonyl (C=O) groups excluding carboxylic acids is 1. The van der Waals surface area contributed by atoms with E-state index < -0.39 is 35.4 Å². The van der Waals surface area contributed by atoms with Crippen molar-refractivity contribution in [3.05, 3.63) is 88.9 Å². The number of amides is 1. The molecular weight excluding hydrogens is 494 g/mol. The maximum atomic E-state index is 13.3. The number of nitrogens with one attached hydrogen (secondary N) is 1. The highest BCUT2D eigenvalue weighted by molar-refractivity contribution is 6.04. The van der Waals surface area contributed by atoms with Crippen LogP contribution in [-0.4, -0.2) is 33.7 Å². The third-order valence-electron chi connectivity index (χ3n) is 5.31. The summed E-state index contributed by atoms with van der Waals surface area (Å²) in [5.41, 5.74) is 5.87. The van der Waals surface area contributed by atoms with Gasteiger partial charge in [-0.05, 0) is 35.4 Å². The molecule has 2 aromatic carbocycles. The van der Waals surface area contributed by atoms with Crippen LogP contribution in [0.1, 0.15) is 10.4 Å². The molecule has 12 heteroatoms. The highest BCUT2D eigenvalue weighted by Gasteiger charge is 2.29. The molecule has 8 nitrogen and oxygen atoms in total. The van der Waals surface area contributed by atoms with Crippen LogP contribution in [0, 0.1) is 5.82 Å². The molecule has 3 N–H and O–H groups in total. The van der Waals surface area contributed by atoms with Gasteiger partial charge in [0, 0.05) is 23.6 Å².